The SMILES string of the molecule is C1=C(c2ccc3c(c2)ncn3C2CCCCC2)CN=C1c1ccccc1. The first-order valence-corrected chi connectivity index (χ1v) is 9.66. The van der Waals surface area contributed by atoms with Gasteiger partial charge in [-0.15, -0.1) is 0 Å². The van der Waals surface area contributed by atoms with E-state index in [0.717, 1.165) is 17.8 Å². The summed E-state index contributed by atoms with van der Waals surface area (Å²) in [6, 6.07) is 17.7. The van der Waals surface area contributed by atoms with E-state index < -0.39 is 0 Å². The van der Waals surface area contributed by atoms with Crippen LogP contribution < -0.4 is 0 Å². The van der Waals surface area contributed by atoms with Crippen LogP contribution in [0.4, 0.5) is 0 Å². The van der Waals surface area contributed by atoms with Crippen molar-refractivity contribution in [2.24, 2.45) is 4.99 Å². The van der Waals surface area contributed by atoms with Crippen molar-refractivity contribution in [3.8, 4) is 0 Å². The molecular formula is C23H23N3. The van der Waals surface area contributed by atoms with Gasteiger partial charge in [0.1, 0.15) is 0 Å². The number of hydrogen-bond acceptors (Lipinski definition) is 2. The van der Waals surface area contributed by atoms with Crippen molar-refractivity contribution in [1.82, 2.24) is 9.55 Å². The van der Waals surface area contributed by atoms with Crippen LogP contribution in [0.15, 0.2) is 65.9 Å². The number of nitrogens with zero attached hydrogens (tertiary/aromatic N) is 3. The number of benzene rings is 2. The van der Waals surface area contributed by atoms with Crippen LogP contribution in [-0.2, 0) is 0 Å². The van der Waals surface area contributed by atoms with Gasteiger partial charge >= 0.3 is 0 Å². The molecule has 1 aliphatic heterocycles. The summed E-state index contributed by atoms with van der Waals surface area (Å²) in [5.74, 6) is 0. The highest BCUT2D eigenvalue weighted by atomic mass is 15.1. The fourth-order valence-electron chi connectivity index (χ4n) is 4.27. The van der Waals surface area contributed by atoms with Gasteiger partial charge in [0.25, 0.3) is 0 Å². The van der Waals surface area contributed by atoms with Gasteiger partial charge in [-0.05, 0) is 47.8 Å². The van der Waals surface area contributed by atoms with E-state index in [9.17, 15) is 0 Å². The van der Waals surface area contributed by atoms with Gasteiger partial charge in [-0.3, -0.25) is 4.99 Å². The molecule has 0 saturated heterocycles. The van der Waals surface area contributed by atoms with E-state index in [0.29, 0.717) is 6.04 Å². The fraction of sp³-hybridized carbons (Fsp3) is 0.304. The van der Waals surface area contributed by atoms with Crippen LogP contribution in [0.1, 0.15) is 49.3 Å². The van der Waals surface area contributed by atoms with Crippen LogP contribution in [0.5, 0.6) is 0 Å². The molecule has 2 heterocycles. The molecule has 0 atom stereocenters. The molecular weight excluding hydrogens is 318 g/mol. The second-order valence-electron chi connectivity index (χ2n) is 7.38. The molecule has 5 rings (SSSR count). The summed E-state index contributed by atoms with van der Waals surface area (Å²) >= 11 is 0. The van der Waals surface area contributed by atoms with Gasteiger partial charge < -0.3 is 4.57 Å². The predicted octanol–water partition coefficient (Wildman–Crippen LogP) is 5.43. The van der Waals surface area contributed by atoms with Crippen molar-refractivity contribution >= 4 is 22.3 Å². The van der Waals surface area contributed by atoms with Gasteiger partial charge in [0, 0.05) is 6.04 Å². The van der Waals surface area contributed by atoms with Crippen molar-refractivity contribution in [1.29, 1.82) is 0 Å². The predicted molar refractivity (Wildman–Crippen MR) is 108 cm³/mol. The van der Waals surface area contributed by atoms with E-state index >= 15 is 0 Å². The summed E-state index contributed by atoms with van der Waals surface area (Å²) in [5, 5.41) is 0. The maximum Gasteiger partial charge on any atom is 0.0960 e. The van der Waals surface area contributed by atoms with Crippen LogP contribution in [0.3, 0.4) is 0 Å². The zero-order valence-corrected chi connectivity index (χ0v) is 14.9. The molecule has 0 bridgehead atoms. The summed E-state index contributed by atoms with van der Waals surface area (Å²) in [7, 11) is 0. The average Bonchev–Trinajstić information content (AvgIpc) is 3.36. The number of imidazole rings is 1. The Labute approximate surface area is 154 Å². The van der Waals surface area contributed by atoms with Crippen LogP contribution in [-0.4, -0.2) is 21.8 Å². The van der Waals surface area contributed by atoms with Crippen LogP contribution in [0.2, 0.25) is 0 Å². The highest BCUT2D eigenvalue weighted by molar-refractivity contribution is 6.15. The third-order valence-corrected chi connectivity index (χ3v) is 5.71. The van der Waals surface area contributed by atoms with Gasteiger partial charge in [0.2, 0.25) is 0 Å². The normalized spacial score (nSPS) is 18.2. The number of aliphatic imine (C=N–C) groups is 1. The van der Waals surface area contributed by atoms with Gasteiger partial charge in [-0.2, -0.15) is 0 Å². The lowest BCUT2D eigenvalue weighted by Gasteiger charge is -2.23. The summed E-state index contributed by atoms with van der Waals surface area (Å²) in [5.41, 5.74) is 7.14. The fourth-order valence-corrected chi connectivity index (χ4v) is 4.27. The van der Waals surface area contributed by atoms with Gasteiger partial charge in [0.15, 0.2) is 0 Å². The van der Waals surface area contributed by atoms with Crippen molar-refractivity contribution < 1.29 is 0 Å². The Kier molecular flexibility index (Phi) is 3.93. The molecule has 0 spiro atoms. The molecule has 1 aromatic heterocycles. The minimum absolute atomic E-state index is 0.623. The lowest BCUT2D eigenvalue weighted by molar-refractivity contribution is 0.359. The third-order valence-electron chi connectivity index (χ3n) is 5.71. The van der Waals surface area contributed by atoms with Crippen LogP contribution in [0.25, 0.3) is 16.6 Å². The van der Waals surface area contributed by atoms with Crippen molar-refractivity contribution in [2.75, 3.05) is 6.54 Å². The van der Waals surface area contributed by atoms with E-state index in [1.165, 1.54) is 54.3 Å². The van der Waals surface area contributed by atoms with Crippen molar-refractivity contribution in [2.45, 2.75) is 38.1 Å². The Morgan fingerprint density at radius 1 is 0.885 bits per heavy atom. The molecule has 0 amide bonds. The lowest BCUT2D eigenvalue weighted by Crippen LogP contribution is -2.11. The van der Waals surface area contributed by atoms with Crippen LogP contribution >= 0.6 is 0 Å². The summed E-state index contributed by atoms with van der Waals surface area (Å²) in [4.78, 5) is 9.42. The molecule has 1 aliphatic carbocycles. The van der Waals surface area contributed by atoms with Gasteiger partial charge in [0.05, 0.1) is 29.6 Å². The highest BCUT2D eigenvalue weighted by Gasteiger charge is 2.18. The first-order chi connectivity index (χ1) is 12.9. The smallest absolute Gasteiger partial charge is 0.0960 e. The monoisotopic (exact) mass is 341 g/mol. The molecule has 3 aromatic rings. The molecule has 2 aromatic carbocycles. The van der Waals surface area contributed by atoms with Crippen molar-refractivity contribution in [3.63, 3.8) is 0 Å². The molecule has 130 valence electrons. The van der Waals surface area contributed by atoms with Crippen molar-refractivity contribution in [3.05, 3.63) is 72.1 Å². The molecule has 1 saturated carbocycles. The van der Waals surface area contributed by atoms with Crippen LogP contribution in [0, 0.1) is 0 Å². The largest absolute Gasteiger partial charge is 0.327 e. The van der Waals surface area contributed by atoms with E-state index in [1.54, 1.807) is 0 Å². The maximum absolute atomic E-state index is 4.72. The summed E-state index contributed by atoms with van der Waals surface area (Å²) in [6.45, 7) is 0.749. The Morgan fingerprint density at radius 2 is 1.73 bits per heavy atom. The standard InChI is InChI=1S/C23H23N3/c1-3-7-17(8-4-1)21-14-19(15-24-21)18-11-12-23-22(13-18)25-16-26(23)20-9-5-2-6-10-20/h1,3-4,7-8,11-14,16,20H,2,5-6,9-10,15H2. The zero-order valence-electron chi connectivity index (χ0n) is 14.9. The first-order valence-electron chi connectivity index (χ1n) is 9.66. The van der Waals surface area contributed by atoms with E-state index in [2.05, 4.69) is 53.1 Å². The Balaban J connectivity index is 1.44. The topological polar surface area (TPSA) is 30.2 Å². The Hall–Kier alpha value is -2.68. The minimum Gasteiger partial charge on any atom is -0.327 e. The van der Waals surface area contributed by atoms with Gasteiger partial charge in [-0.1, -0.05) is 55.7 Å². The summed E-state index contributed by atoms with van der Waals surface area (Å²) in [6.07, 6.45) is 10.9. The molecule has 0 radical (unpaired) electrons. The van der Waals surface area contributed by atoms with E-state index in [4.69, 9.17) is 9.98 Å². The maximum atomic E-state index is 4.72. The Bertz CT molecular complexity index is 989. The number of fused-ring (bicyclic) bond motifs is 1. The minimum atomic E-state index is 0.623. The second kappa shape index (κ2) is 6.56. The zero-order chi connectivity index (χ0) is 17.3. The number of rotatable bonds is 3. The van der Waals surface area contributed by atoms with Gasteiger partial charge in [-0.25, -0.2) is 4.98 Å². The molecule has 2 aliphatic rings. The molecule has 3 nitrogen and oxygen atoms in total. The summed E-state index contributed by atoms with van der Waals surface area (Å²) < 4.78 is 2.40. The molecule has 3 heteroatoms. The number of hydrogen-bond donors (Lipinski definition) is 0. The second-order valence-corrected chi connectivity index (χ2v) is 7.38. The quantitative estimate of drug-likeness (QED) is 0.625. The lowest BCUT2D eigenvalue weighted by atomic mass is 9.95. The van der Waals surface area contributed by atoms with E-state index in [-0.39, 0.29) is 0 Å². The number of allylic oxidation sites excluding steroid dienone is 1. The number of aromatic nitrogens is 2. The molecule has 26 heavy (non-hydrogen) atoms. The molecule has 1 fully saturated rings. The third kappa shape index (κ3) is 2.78. The molecule has 0 N–H and O–H groups in total. The van der Waals surface area contributed by atoms with E-state index in [1.807, 2.05) is 12.4 Å². The highest BCUT2D eigenvalue weighted by Crippen LogP contribution is 2.32. The first kappa shape index (κ1) is 15.6. The average molecular weight is 341 g/mol. The Morgan fingerprint density at radius 3 is 2.58 bits per heavy atom. The molecule has 0 unspecified atom stereocenters.